The summed E-state index contributed by atoms with van der Waals surface area (Å²) in [5, 5.41) is 5.11. The minimum atomic E-state index is -0.506. The summed E-state index contributed by atoms with van der Waals surface area (Å²) >= 11 is 2.44. The maximum atomic E-state index is 16.7. The predicted octanol–water partition coefficient (Wildman–Crippen LogP) is 8.91. The number of rotatable bonds is 7. The van der Waals surface area contributed by atoms with Gasteiger partial charge in [0, 0.05) is 82.5 Å². The molecule has 2 aromatic carbocycles. The topological polar surface area (TPSA) is 174 Å². The molecule has 4 saturated heterocycles. The number of fused-ring (bicyclic) bond motifs is 6. The number of halogens is 2. The van der Waals surface area contributed by atoms with Crippen molar-refractivity contribution in [3.63, 3.8) is 0 Å². The van der Waals surface area contributed by atoms with Gasteiger partial charge in [0.1, 0.15) is 11.6 Å². The maximum absolute atomic E-state index is 16.7. The lowest BCUT2D eigenvalue weighted by atomic mass is 9.98. The number of pyridine rings is 1. The van der Waals surface area contributed by atoms with Gasteiger partial charge in [0.25, 0.3) is 17.6 Å². The van der Waals surface area contributed by atoms with E-state index >= 15 is 8.78 Å². The third kappa shape index (κ3) is 6.68. The van der Waals surface area contributed by atoms with E-state index < -0.39 is 11.6 Å². The Labute approximate surface area is 385 Å². The molecule has 12 rings (SSSR count). The van der Waals surface area contributed by atoms with Crippen LogP contribution < -0.4 is 16.2 Å². The van der Waals surface area contributed by atoms with Crippen LogP contribution in [0.5, 0.6) is 0 Å². The molecule has 17 heteroatoms. The van der Waals surface area contributed by atoms with Crippen LogP contribution in [0.2, 0.25) is 0 Å². The summed E-state index contributed by atoms with van der Waals surface area (Å²) in [4.78, 5) is 48.7. The first kappa shape index (κ1) is 41.2. The summed E-state index contributed by atoms with van der Waals surface area (Å²) in [5.74, 6) is -0.631. The number of thiophene rings is 2. The van der Waals surface area contributed by atoms with Gasteiger partial charge in [-0.15, -0.1) is 22.7 Å². The third-order valence-corrected chi connectivity index (χ3v) is 16.4. The van der Waals surface area contributed by atoms with Crippen molar-refractivity contribution >= 4 is 56.4 Å². The molecule has 0 spiro atoms. The second-order valence-electron chi connectivity index (χ2n) is 18.2. The highest BCUT2D eigenvalue weighted by atomic mass is 32.1. The fourth-order valence-corrected chi connectivity index (χ4v) is 13.3. The lowest BCUT2D eigenvalue weighted by Crippen LogP contribution is -2.49. The first-order valence-corrected chi connectivity index (χ1v) is 24.0. The van der Waals surface area contributed by atoms with Crippen LogP contribution in [0.25, 0.3) is 71.3 Å². The van der Waals surface area contributed by atoms with Crippen LogP contribution in [0.4, 0.5) is 8.78 Å². The number of benzene rings is 2. The zero-order valence-electron chi connectivity index (χ0n) is 36.0. The molecule has 8 aromatic rings. The zero-order valence-corrected chi connectivity index (χ0v) is 37.7. The van der Waals surface area contributed by atoms with Crippen molar-refractivity contribution in [3.05, 3.63) is 106 Å². The highest BCUT2D eigenvalue weighted by Crippen LogP contribution is 2.46. The van der Waals surface area contributed by atoms with E-state index in [-0.39, 0.29) is 65.0 Å². The zero-order chi connectivity index (χ0) is 45.1. The summed E-state index contributed by atoms with van der Waals surface area (Å²) in [5.41, 5.74) is 16.8. The molecule has 4 unspecified atom stereocenters. The van der Waals surface area contributed by atoms with Crippen LogP contribution >= 0.6 is 22.7 Å². The van der Waals surface area contributed by atoms with E-state index in [2.05, 4.69) is 15.1 Å². The lowest BCUT2D eigenvalue weighted by Gasteiger charge is -2.37. The van der Waals surface area contributed by atoms with Gasteiger partial charge in [-0.25, -0.2) is 13.8 Å². The summed E-state index contributed by atoms with van der Waals surface area (Å²) < 4.78 is 46.4. The molecule has 0 aliphatic carbocycles. The summed E-state index contributed by atoms with van der Waals surface area (Å²) in [6.45, 7) is 3.56. The maximum Gasteiger partial charge on any atom is 0.366 e. The van der Waals surface area contributed by atoms with E-state index in [1.54, 1.807) is 43.6 Å². The standard InChI is InChI=1S/C49H44F2N9O4S2/c1-23-31-17-37(50)33(19-40(31)63-57-23)46-36(22-43(66-46)49(62)59-29-8-9-30(59)16-26(53)15-29)47-55-12-10-44(56-47)60-24(2)32-18-38(51)34(20-41(32)64-60)45-35(39-5-3-4-11-54-39)21-42(65-45)48(61)58-27-6-7-28(58)14-25(52)13-27/h3-5,10-12,17-22,25-30H,6-9,13-16,52-53H2,1-2H3/q+1. The van der Waals surface area contributed by atoms with Gasteiger partial charge in [-0.05, 0) is 117 Å². The number of nitrogens with two attached hydrogens (primary N) is 2. The van der Waals surface area contributed by atoms with Crippen LogP contribution in [-0.4, -0.2) is 78.0 Å². The Bertz CT molecular complexity index is 3250. The Morgan fingerprint density at radius 3 is 1.88 bits per heavy atom. The molecule has 4 atom stereocenters. The number of amides is 2. The van der Waals surface area contributed by atoms with Crippen LogP contribution in [-0.2, 0) is 0 Å². The van der Waals surface area contributed by atoms with E-state index in [4.69, 9.17) is 25.5 Å². The monoisotopic (exact) mass is 924 g/mol. The minimum Gasteiger partial charge on any atom is -0.356 e. The van der Waals surface area contributed by atoms with Gasteiger partial charge in [0.15, 0.2) is 16.9 Å². The Morgan fingerprint density at radius 1 is 0.697 bits per heavy atom. The predicted molar refractivity (Wildman–Crippen MR) is 246 cm³/mol. The second-order valence-corrected chi connectivity index (χ2v) is 20.3. The number of carbonyl (C=O) groups is 2. The van der Waals surface area contributed by atoms with Gasteiger partial charge in [0.2, 0.25) is 0 Å². The number of hydrogen-bond acceptors (Lipinski definition) is 12. The highest BCUT2D eigenvalue weighted by Gasteiger charge is 2.45. The van der Waals surface area contributed by atoms with E-state index in [9.17, 15) is 9.59 Å². The van der Waals surface area contributed by atoms with Gasteiger partial charge >= 0.3 is 5.82 Å². The molecule has 10 heterocycles. The molecule has 4 aliphatic rings. The Kier molecular flexibility index (Phi) is 9.78. The van der Waals surface area contributed by atoms with E-state index in [0.29, 0.717) is 75.5 Å². The second kappa shape index (κ2) is 15.7. The van der Waals surface area contributed by atoms with Crippen molar-refractivity contribution in [1.29, 1.82) is 0 Å². The molecule has 334 valence electrons. The molecule has 13 nitrogen and oxygen atoms in total. The smallest absolute Gasteiger partial charge is 0.356 e. The van der Waals surface area contributed by atoms with Crippen LogP contribution in [0.15, 0.2) is 82.1 Å². The number of aryl methyl sites for hydroxylation is 2. The van der Waals surface area contributed by atoms with Gasteiger partial charge in [0.05, 0.1) is 43.0 Å². The SMILES string of the molecule is Cc1noc2cc(-c3sc(C(=O)N4C5CCC4CC(N)C5)cc3-c3nccc(-[n+]4oc5cc(-c6sc(C(=O)N7C8CCC7CC(N)C8)cc6-c6ccccn6)c(F)cc5c4C)n3)c(F)cc12. The Balaban J connectivity index is 0.938. The largest absolute Gasteiger partial charge is 0.366 e. The first-order valence-electron chi connectivity index (χ1n) is 22.4. The van der Waals surface area contributed by atoms with Gasteiger partial charge in [-0.1, -0.05) is 11.2 Å². The molecular formula is C49H44F2N9O4S2+. The molecule has 4 bridgehead atoms. The Morgan fingerprint density at radius 2 is 1.27 bits per heavy atom. The number of aromatic nitrogens is 5. The fraction of sp³-hybridized carbons (Fsp3) is 0.327. The normalized spacial score (nSPS) is 22.6. The van der Waals surface area contributed by atoms with E-state index in [1.807, 2.05) is 41.0 Å². The number of carbonyl (C=O) groups excluding carboxylic acids is 2. The van der Waals surface area contributed by atoms with Crippen molar-refractivity contribution in [2.24, 2.45) is 11.5 Å². The molecule has 4 fully saturated rings. The molecule has 6 aromatic heterocycles. The number of hydrogen-bond donors (Lipinski definition) is 2. The van der Waals surface area contributed by atoms with Gasteiger partial charge in [-0.3, -0.25) is 19.1 Å². The van der Waals surface area contributed by atoms with Crippen molar-refractivity contribution < 1.29 is 32.2 Å². The van der Waals surface area contributed by atoms with Crippen molar-refractivity contribution in [3.8, 4) is 49.3 Å². The van der Waals surface area contributed by atoms with Gasteiger partial charge in [-0.2, -0.15) is 0 Å². The molecule has 0 radical (unpaired) electrons. The summed E-state index contributed by atoms with van der Waals surface area (Å²) in [6, 6.07) is 17.3. The fourth-order valence-electron chi connectivity index (χ4n) is 11.1. The molecule has 0 saturated carbocycles. The quantitative estimate of drug-likeness (QED) is 0.147. The highest BCUT2D eigenvalue weighted by molar-refractivity contribution is 7.18. The van der Waals surface area contributed by atoms with Crippen LogP contribution in [0, 0.1) is 25.5 Å². The first-order chi connectivity index (χ1) is 32.0. The summed E-state index contributed by atoms with van der Waals surface area (Å²) in [7, 11) is 0. The van der Waals surface area contributed by atoms with Crippen LogP contribution in [0.3, 0.4) is 0 Å². The molecule has 2 amide bonds. The summed E-state index contributed by atoms with van der Waals surface area (Å²) in [6.07, 6.45) is 9.91. The van der Waals surface area contributed by atoms with E-state index in [1.165, 1.54) is 39.5 Å². The number of piperidine rings is 2. The molecule has 4 aliphatic heterocycles. The number of nitrogens with zero attached hydrogens (tertiary/aromatic N) is 7. The lowest BCUT2D eigenvalue weighted by molar-refractivity contribution is -0.787. The molecule has 4 N–H and O–H groups in total. The average molecular weight is 925 g/mol. The minimum absolute atomic E-state index is 0.0448. The van der Waals surface area contributed by atoms with Crippen molar-refractivity contribution in [1.82, 2.24) is 29.9 Å². The van der Waals surface area contributed by atoms with Crippen molar-refractivity contribution in [2.75, 3.05) is 0 Å². The third-order valence-electron chi connectivity index (χ3n) is 14.1. The molecule has 66 heavy (non-hydrogen) atoms. The van der Waals surface area contributed by atoms with Crippen molar-refractivity contribution in [2.45, 2.75) is 101 Å². The van der Waals surface area contributed by atoms with Gasteiger partial charge < -0.3 is 25.8 Å². The Hall–Kier alpha value is -6.27. The average Bonchev–Trinajstić information content (AvgIpc) is 4.17. The van der Waals surface area contributed by atoms with E-state index in [0.717, 1.165) is 51.4 Å². The van der Waals surface area contributed by atoms with Crippen LogP contribution in [0.1, 0.15) is 82.1 Å². The molecular weight excluding hydrogens is 881 g/mol.